The molecule has 36 heavy (non-hydrogen) atoms. The standard InChI is InChI=1S/C28H24ClO2Si.3CH3.Sn/c1-2-24(22-30-25-14-12-13-23(29)21-25)31-32(26-15-6-3-7-16-26,27-17-8-4-9-18-27)28-19-10-5-11-20-28;;;;/h1-21,24H,22H2;3*1H3;/t24-;;;;/m1..../s1. The Morgan fingerprint density at radius 1 is 0.722 bits per heavy atom. The quantitative estimate of drug-likeness (QED) is 0.155. The Morgan fingerprint density at radius 3 is 1.67 bits per heavy atom. The molecular formula is C31H33ClO2SiSn. The van der Waals surface area contributed by atoms with Crippen molar-refractivity contribution >= 4 is 53.9 Å². The number of hydrogen-bond donors (Lipinski definition) is 0. The summed E-state index contributed by atoms with van der Waals surface area (Å²) in [6, 6.07) is 39.6. The van der Waals surface area contributed by atoms with Crippen LogP contribution in [0.3, 0.4) is 0 Å². The van der Waals surface area contributed by atoms with Gasteiger partial charge in [0.2, 0.25) is 0 Å². The number of ether oxygens (including phenoxy) is 1. The third-order valence-electron chi connectivity index (χ3n) is 5.89. The molecule has 0 N–H and O–H groups in total. The summed E-state index contributed by atoms with van der Waals surface area (Å²) in [6.07, 6.45) is 2.02. The van der Waals surface area contributed by atoms with Crippen molar-refractivity contribution in [3.8, 4) is 5.75 Å². The maximum absolute atomic E-state index is 7.37. The van der Waals surface area contributed by atoms with Crippen LogP contribution in [-0.2, 0) is 4.43 Å². The van der Waals surface area contributed by atoms with Crippen molar-refractivity contribution in [2.75, 3.05) is 6.61 Å². The molecule has 4 aromatic carbocycles. The van der Waals surface area contributed by atoms with E-state index in [9.17, 15) is 0 Å². The maximum atomic E-state index is 7.37. The zero-order valence-corrected chi connectivity index (χ0v) is 25.7. The van der Waals surface area contributed by atoms with Gasteiger partial charge in [-0.1, -0.05) is 0 Å². The summed E-state index contributed by atoms with van der Waals surface area (Å²) in [6.45, 7) is 0.403. The second kappa shape index (κ2) is 12.3. The van der Waals surface area contributed by atoms with Gasteiger partial charge >= 0.3 is 227 Å². The van der Waals surface area contributed by atoms with Gasteiger partial charge in [0, 0.05) is 0 Å². The van der Waals surface area contributed by atoms with E-state index in [-0.39, 0.29) is 6.10 Å². The fourth-order valence-electron chi connectivity index (χ4n) is 4.21. The SMILES string of the molecule is [CH3][Sn]([CH3])([CH3])/[CH]=C/[C@H](COc1cccc(Cl)c1)O[Si](c1ccccc1)(c1ccccc1)c1ccccc1. The number of hydrogen-bond acceptors (Lipinski definition) is 2. The molecule has 0 fully saturated rings. The Bertz CT molecular complexity index is 1160. The third kappa shape index (κ3) is 6.91. The van der Waals surface area contributed by atoms with Crippen LogP contribution in [0, 0.1) is 0 Å². The molecule has 0 aliphatic carbocycles. The molecule has 0 bridgehead atoms. The Balaban J connectivity index is 1.83. The van der Waals surface area contributed by atoms with Gasteiger partial charge in [-0.3, -0.25) is 0 Å². The number of rotatable bonds is 10. The Labute approximate surface area is 225 Å². The molecule has 0 unspecified atom stereocenters. The van der Waals surface area contributed by atoms with Crippen molar-refractivity contribution in [3.63, 3.8) is 0 Å². The van der Waals surface area contributed by atoms with Crippen LogP contribution < -0.4 is 20.3 Å². The summed E-state index contributed by atoms with van der Waals surface area (Å²) in [5.74, 6) is 0.746. The van der Waals surface area contributed by atoms with Gasteiger partial charge in [0.1, 0.15) is 0 Å². The molecule has 4 rings (SSSR count). The van der Waals surface area contributed by atoms with Gasteiger partial charge in [0.15, 0.2) is 0 Å². The second-order valence-electron chi connectivity index (χ2n) is 9.93. The summed E-state index contributed by atoms with van der Waals surface area (Å²) in [7, 11) is -2.87. The molecule has 2 nitrogen and oxygen atoms in total. The first-order chi connectivity index (χ1) is 17.4. The molecule has 0 amide bonds. The molecule has 184 valence electrons. The van der Waals surface area contributed by atoms with Gasteiger partial charge in [-0.15, -0.1) is 0 Å². The first kappa shape index (κ1) is 26.7. The first-order valence-corrected chi connectivity index (χ1v) is 24.8. The summed E-state index contributed by atoms with van der Waals surface area (Å²) < 4.78 is 16.0. The minimum absolute atomic E-state index is 0.229. The molecule has 0 saturated carbocycles. The summed E-state index contributed by atoms with van der Waals surface area (Å²) >= 11 is 3.99. The minimum atomic E-state index is -2.87. The van der Waals surface area contributed by atoms with Crippen molar-refractivity contribution in [1.82, 2.24) is 0 Å². The molecule has 0 aliphatic heterocycles. The molecule has 0 spiro atoms. The normalized spacial score (nSPS) is 13.0. The van der Waals surface area contributed by atoms with E-state index in [0.29, 0.717) is 11.6 Å². The monoisotopic (exact) mass is 620 g/mol. The van der Waals surface area contributed by atoms with Crippen molar-refractivity contribution < 1.29 is 9.16 Å². The summed E-state index contributed by atoms with van der Waals surface area (Å²) in [5, 5.41) is 4.29. The van der Waals surface area contributed by atoms with Crippen molar-refractivity contribution in [1.29, 1.82) is 0 Å². The average molecular weight is 620 g/mol. The number of benzene rings is 4. The van der Waals surface area contributed by atoms with Gasteiger partial charge in [-0.2, -0.15) is 0 Å². The predicted octanol–water partition coefficient (Wildman–Crippen LogP) is 6.20. The van der Waals surface area contributed by atoms with Crippen LogP contribution in [0.2, 0.25) is 19.8 Å². The Kier molecular flexibility index (Phi) is 9.12. The van der Waals surface area contributed by atoms with Gasteiger partial charge in [-0.25, -0.2) is 0 Å². The van der Waals surface area contributed by atoms with Crippen LogP contribution in [0.1, 0.15) is 0 Å². The number of halogens is 1. The fraction of sp³-hybridized carbons (Fsp3) is 0.161. The topological polar surface area (TPSA) is 18.5 Å². The van der Waals surface area contributed by atoms with Crippen LogP contribution in [0.25, 0.3) is 0 Å². The van der Waals surface area contributed by atoms with Crippen molar-refractivity contribution in [3.05, 3.63) is 130 Å². The molecule has 0 aromatic heterocycles. The zero-order chi connectivity index (χ0) is 25.4. The first-order valence-electron chi connectivity index (χ1n) is 12.3. The molecule has 0 saturated heterocycles. The van der Waals surface area contributed by atoms with E-state index in [4.69, 9.17) is 20.8 Å². The van der Waals surface area contributed by atoms with Crippen LogP contribution in [-0.4, -0.2) is 39.4 Å². The molecule has 0 radical (unpaired) electrons. The molecule has 0 aliphatic rings. The van der Waals surface area contributed by atoms with E-state index < -0.39 is 26.7 Å². The van der Waals surface area contributed by atoms with E-state index in [1.54, 1.807) is 0 Å². The van der Waals surface area contributed by atoms with Crippen LogP contribution in [0.5, 0.6) is 5.75 Å². The van der Waals surface area contributed by atoms with Gasteiger partial charge < -0.3 is 0 Å². The molecule has 0 heterocycles. The molecular weight excluding hydrogens is 587 g/mol. The average Bonchev–Trinajstić information content (AvgIpc) is 2.89. The predicted molar refractivity (Wildman–Crippen MR) is 158 cm³/mol. The van der Waals surface area contributed by atoms with Gasteiger partial charge in [0.25, 0.3) is 0 Å². The van der Waals surface area contributed by atoms with E-state index in [0.717, 1.165) is 5.75 Å². The van der Waals surface area contributed by atoms with Gasteiger partial charge in [-0.05, 0) is 0 Å². The van der Waals surface area contributed by atoms with Crippen LogP contribution >= 0.6 is 11.6 Å². The van der Waals surface area contributed by atoms with Gasteiger partial charge in [0.05, 0.1) is 0 Å². The molecule has 4 aromatic rings. The van der Waals surface area contributed by atoms with E-state index in [1.165, 1.54) is 15.6 Å². The second-order valence-corrected chi connectivity index (χ2v) is 28.2. The summed E-state index contributed by atoms with van der Waals surface area (Å²) in [5.41, 5.74) is 0. The molecule has 5 heteroatoms. The van der Waals surface area contributed by atoms with Crippen molar-refractivity contribution in [2.24, 2.45) is 0 Å². The zero-order valence-electron chi connectivity index (χ0n) is 21.1. The summed E-state index contributed by atoms with van der Waals surface area (Å²) in [4.78, 5) is 7.20. The fourth-order valence-corrected chi connectivity index (χ4v) is 10.6. The van der Waals surface area contributed by atoms with E-state index in [2.05, 4.69) is 116 Å². The molecule has 1 atom stereocenters. The van der Waals surface area contributed by atoms with E-state index >= 15 is 0 Å². The van der Waals surface area contributed by atoms with Crippen LogP contribution in [0.4, 0.5) is 0 Å². The Morgan fingerprint density at radius 2 is 1.22 bits per heavy atom. The van der Waals surface area contributed by atoms with E-state index in [1.807, 2.05) is 24.3 Å². The van der Waals surface area contributed by atoms with Crippen molar-refractivity contribution in [2.45, 2.75) is 20.9 Å². The van der Waals surface area contributed by atoms with Crippen LogP contribution in [0.15, 0.2) is 125 Å². The third-order valence-corrected chi connectivity index (χ3v) is 13.6. The Hall–Kier alpha value is -2.31.